The Labute approximate surface area is 106 Å². The third-order valence-corrected chi connectivity index (χ3v) is 3.05. The summed E-state index contributed by atoms with van der Waals surface area (Å²) in [5, 5.41) is 9.70. The van der Waals surface area contributed by atoms with Crippen LogP contribution in [0.1, 0.15) is 11.6 Å². The smallest absolute Gasteiger partial charge is 0.0624 e. The van der Waals surface area contributed by atoms with Crippen molar-refractivity contribution in [2.75, 3.05) is 6.61 Å². The van der Waals surface area contributed by atoms with E-state index in [0.717, 1.165) is 21.7 Å². The number of rotatable bonds is 3. The zero-order valence-electron chi connectivity index (χ0n) is 9.31. The topological polar surface area (TPSA) is 46.2 Å². The second kappa shape index (κ2) is 5.32. The minimum Gasteiger partial charge on any atom is -0.394 e. The van der Waals surface area contributed by atoms with Gasteiger partial charge in [-0.2, -0.15) is 0 Å². The van der Waals surface area contributed by atoms with E-state index in [0.29, 0.717) is 0 Å². The first kappa shape index (κ1) is 12.1. The molecule has 0 aliphatic rings. The van der Waals surface area contributed by atoms with E-state index in [1.165, 1.54) is 0 Å². The highest BCUT2D eigenvalue weighted by Crippen LogP contribution is 2.28. The summed E-state index contributed by atoms with van der Waals surface area (Å²) in [7, 11) is 0. The molecule has 0 fully saturated rings. The van der Waals surface area contributed by atoms with Crippen molar-refractivity contribution in [2.45, 2.75) is 6.04 Å². The summed E-state index contributed by atoms with van der Waals surface area (Å²) in [5.74, 6) is 0. The van der Waals surface area contributed by atoms with E-state index in [2.05, 4.69) is 0 Å². The third-order valence-electron chi connectivity index (χ3n) is 2.72. The third kappa shape index (κ3) is 2.67. The number of halogens is 1. The molecule has 2 aromatic rings. The molecule has 0 unspecified atom stereocenters. The number of hydrogen-bond acceptors (Lipinski definition) is 2. The molecular formula is C14H14ClNO. The number of aliphatic hydroxyl groups excluding tert-OH is 1. The Hall–Kier alpha value is -1.35. The Morgan fingerprint density at radius 3 is 2.29 bits per heavy atom. The van der Waals surface area contributed by atoms with Crippen LogP contribution in [0, 0.1) is 0 Å². The van der Waals surface area contributed by atoms with Gasteiger partial charge in [0.05, 0.1) is 12.6 Å². The lowest BCUT2D eigenvalue weighted by atomic mass is 10.0. The predicted molar refractivity (Wildman–Crippen MR) is 70.9 cm³/mol. The van der Waals surface area contributed by atoms with Crippen molar-refractivity contribution in [1.29, 1.82) is 0 Å². The Bertz CT molecular complexity index is 496. The van der Waals surface area contributed by atoms with Crippen molar-refractivity contribution in [2.24, 2.45) is 5.73 Å². The van der Waals surface area contributed by atoms with Gasteiger partial charge in [0.1, 0.15) is 0 Å². The van der Waals surface area contributed by atoms with Gasteiger partial charge in [0, 0.05) is 10.6 Å². The summed E-state index contributed by atoms with van der Waals surface area (Å²) in [5.41, 5.74) is 8.70. The minimum absolute atomic E-state index is 0.0502. The normalized spacial score (nSPS) is 12.4. The molecule has 3 heteroatoms. The van der Waals surface area contributed by atoms with E-state index in [1.807, 2.05) is 48.5 Å². The summed E-state index contributed by atoms with van der Waals surface area (Å²) in [4.78, 5) is 0. The largest absolute Gasteiger partial charge is 0.394 e. The summed E-state index contributed by atoms with van der Waals surface area (Å²) < 4.78 is 0. The second-order valence-electron chi connectivity index (χ2n) is 3.89. The Kier molecular flexibility index (Phi) is 3.79. The van der Waals surface area contributed by atoms with Crippen LogP contribution in [0.15, 0.2) is 48.5 Å². The lowest BCUT2D eigenvalue weighted by Crippen LogP contribution is -2.14. The van der Waals surface area contributed by atoms with Crippen molar-refractivity contribution < 1.29 is 5.11 Å². The first-order valence-corrected chi connectivity index (χ1v) is 5.81. The van der Waals surface area contributed by atoms with Gasteiger partial charge in [-0.1, -0.05) is 54.1 Å². The van der Waals surface area contributed by atoms with E-state index in [1.54, 1.807) is 0 Å². The van der Waals surface area contributed by atoms with Crippen LogP contribution in [0.4, 0.5) is 0 Å². The van der Waals surface area contributed by atoms with Gasteiger partial charge in [-0.05, 0) is 17.2 Å². The molecule has 0 saturated heterocycles. The van der Waals surface area contributed by atoms with E-state index < -0.39 is 0 Å². The first-order chi connectivity index (χ1) is 8.22. The van der Waals surface area contributed by atoms with Crippen LogP contribution < -0.4 is 5.73 Å². The van der Waals surface area contributed by atoms with Gasteiger partial charge >= 0.3 is 0 Å². The van der Waals surface area contributed by atoms with E-state index in [-0.39, 0.29) is 12.6 Å². The fourth-order valence-corrected chi connectivity index (χ4v) is 1.96. The zero-order chi connectivity index (χ0) is 12.3. The average molecular weight is 248 g/mol. The van der Waals surface area contributed by atoms with Crippen molar-refractivity contribution in [3.05, 3.63) is 59.1 Å². The number of nitrogens with two attached hydrogens (primary N) is 1. The lowest BCUT2D eigenvalue weighted by molar-refractivity contribution is 0.268. The summed E-state index contributed by atoms with van der Waals surface area (Å²) in [6.07, 6.45) is 0. The SMILES string of the molecule is N[C@@H](CO)c1ccc(-c2ccccc2Cl)cc1. The summed E-state index contributed by atoms with van der Waals surface area (Å²) in [6.45, 7) is -0.0502. The van der Waals surface area contributed by atoms with Gasteiger partial charge in [-0.3, -0.25) is 0 Å². The van der Waals surface area contributed by atoms with Crippen molar-refractivity contribution >= 4 is 11.6 Å². The van der Waals surface area contributed by atoms with Crippen LogP contribution in [0.2, 0.25) is 5.02 Å². The highest BCUT2D eigenvalue weighted by atomic mass is 35.5. The maximum Gasteiger partial charge on any atom is 0.0624 e. The maximum absolute atomic E-state index is 8.97. The van der Waals surface area contributed by atoms with Gasteiger partial charge in [0.2, 0.25) is 0 Å². The molecule has 0 aromatic heterocycles. The fraction of sp³-hybridized carbons (Fsp3) is 0.143. The number of benzene rings is 2. The standard InChI is InChI=1S/C14H14ClNO/c15-13-4-2-1-3-12(13)10-5-7-11(8-6-10)14(16)9-17/h1-8,14,17H,9,16H2/t14-/m0/s1. The molecule has 17 heavy (non-hydrogen) atoms. The molecule has 0 spiro atoms. The van der Waals surface area contributed by atoms with Gasteiger partial charge in [0.15, 0.2) is 0 Å². The van der Waals surface area contributed by atoms with Gasteiger partial charge in [-0.15, -0.1) is 0 Å². The summed E-state index contributed by atoms with van der Waals surface area (Å²) >= 11 is 6.12. The van der Waals surface area contributed by atoms with Crippen LogP contribution in [0.3, 0.4) is 0 Å². The average Bonchev–Trinajstić information content (AvgIpc) is 2.39. The van der Waals surface area contributed by atoms with E-state index >= 15 is 0 Å². The molecule has 0 amide bonds. The Balaban J connectivity index is 2.33. The van der Waals surface area contributed by atoms with Crippen LogP contribution in [-0.2, 0) is 0 Å². The van der Waals surface area contributed by atoms with E-state index in [4.69, 9.17) is 22.4 Å². The monoisotopic (exact) mass is 247 g/mol. The molecule has 0 radical (unpaired) electrons. The molecule has 1 atom stereocenters. The summed E-state index contributed by atoms with van der Waals surface area (Å²) in [6, 6.07) is 15.1. The fourth-order valence-electron chi connectivity index (χ4n) is 1.71. The maximum atomic E-state index is 8.97. The van der Waals surface area contributed by atoms with Crippen molar-refractivity contribution in [3.8, 4) is 11.1 Å². The van der Waals surface area contributed by atoms with Crippen molar-refractivity contribution in [3.63, 3.8) is 0 Å². The number of hydrogen-bond donors (Lipinski definition) is 2. The minimum atomic E-state index is -0.324. The highest BCUT2D eigenvalue weighted by molar-refractivity contribution is 6.33. The molecule has 2 nitrogen and oxygen atoms in total. The van der Waals surface area contributed by atoms with E-state index in [9.17, 15) is 0 Å². The molecular weight excluding hydrogens is 234 g/mol. The van der Waals surface area contributed by atoms with Gasteiger partial charge in [0.25, 0.3) is 0 Å². The molecule has 88 valence electrons. The molecule has 2 rings (SSSR count). The van der Waals surface area contributed by atoms with Crippen LogP contribution in [-0.4, -0.2) is 11.7 Å². The Morgan fingerprint density at radius 2 is 1.71 bits per heavy atom. The molecule has 3 N–H and O–H groups in total. The molecule has 0 bridgehead atoms. The molecule has 0 aliphatic carbocycles. The number of aliphatic hydroxyl groups is 1. The predicted octanol–water partition coefficient (Wildman–Crippen LogP) is 3.00. The molecule has 0 heterocycles. The van der Waals surface area contributed by atoms with Crippen LogP contribution in [0.5, 0.6) is 0 Å². The van der Waals surface area contributed by atoms with Crippen LogP contribution >= 0.6 is 11.6 Å². The highest BCUT2D eigenvalue weighted by Gasteiger charge is 2.06. The molecule has 0 aliphatic heterocycles. The van der Waals surface area contributed by atoms with Crippen LogP contribution in [0.25, 0.3) is 11.1 Å². The second-order valence-corrected chi connectivity index (χ2v) is 4.30. The lowest BCUT2D eigenvalue weighted by Gasteiger charge is -2.10. The first-order valence-electron chi connectivity index (χ1n) is 5.43. The van der Waals surface area contributed by atoms with Gasteiger partial charge < -0.3 is 10.8 Å². The van der Waals surface area contributed by atoms with Gasteiger partial charge in [-0.25, -0.2) is 0 Å². The zero-order valence-corrected chi connectivity index (χ0v) is 10.1. The van der Waals surface area contributed by atoms with Crippen molar-refractivity contribution in [1.82, 2.24) is 0 Å². The molecule has 2 aromatic carbocycles. The molecule has 0 saturated carbocycles. The quantitative estimate of drug-likeness (QED) is 0.876. The Morgan fingerprint density at radius 1 is 1.06 bits per heavy atom.